The van der Waals surface area contributed by atoms with Crippen LogP contribution in [-0.4, -0.2) is 23.9 Å². The van der Waals surface area contributed by atoms with E-state index in [1.807, 2.05) is 4.90 Å². The number of hydrogen-bond donors (Lipinski definition) is 0. The van der Waals surface area contributed by atoms with Crippen LogP contribution in [-0.2, 0) is 4.79 Å². The van der Waals surface area contributed by atoms with E-state index in [1.165, 1.54) is 0 Å². The van der Waals surface area contributed by atoms with Gasteiger partial charge in [-0.25, -0.2) is 0 Å². The van der Waals surface area contributed by atoms with Gasteiger partial charge in [0.25, 0.3) is 0 Å². The van der Waals surface area contributed by atoms with Gasteiger partial charge < -0.3 is 4.90 Å². The number of nitrogens with zero attached hydrogens (tertiary/aromatic N) is 2. The van der Waals surface area contributed by atoms with Crippen molar-refractivity contribution < 1.29 is 4.79 Å². The molecule has 0 aromatic heterocycles. The quantitative estimate of drug-likeness (QED) is 0.726. The van der Waals surface area contributed by atoms with E-state index in [9.17, 15) is 4.79 Å². The van der Waals surface area contributed by atoms with Crippen molar-refractivity contribution in [2.45, 2.75) is 54.4 Å². The second kappa shape index (κ2) is 7.41. The lowest BCUT2D eigenvalue weighted by Crippen LogP contribution is -2.37. The summed E-state index contributed by atoms with van der Waals surface area (Å²) in [6.45, 7) is 14.1. The van der Waals surface area contributed by atoms with E-state index in [1.54, 1.807) is 0 Å². The Labute approximate surface area is 112 Å². The Morgan fingerprint density at radius 3 is 2.22 bits per heavy atom. The van der Waals surface area contributed by atoms with Gasteiger partial charge in [-0.15, -0.1) is 0 Å². The van der Waals surface area contributed by atoms with Crippen molar-refractivity contribution >= 4 is 5.91 Å². The van der Waals surface area contributed by atoms with Gasteiger partial charge in [0.1, 0.15) is 0 Å². The first-order chi connectivity index (χ1) is 8.18. The van der Waals surface area contributed by atoms with Crippen molar-refractivity contribution in [1.29, 1.82) is 5.26 Å². The topological polar surface area (TPSA) is 44.1 Å². The Morgan fingerprint density at radius 2 is 1.83 bits per heavy atom. The van der Waals surface area contributed by atoms with Gasteiger partial charge in [-0.05, 0) is 17.3 Å². The molecule has 0 bridgehead atoms. The number of rotatable bonds is 6. The van der Waals surface area contributed by atoms with Gasteiger partial charge in [-0.1, -0.05) is 41.5 Å². The van der Waals surface area contributed by atoms with Crippen LogP contribution in [0.3, 0.4) is 0 Å². The second-order valence-electron chi connectivity index (χ2n) is 6.61. The number of carbonyl (C=O) groups excluding carboxylic acids is 1. The lowest BCUT2D eigenvalue weighted by molar-refractivity contribution is -0.133. The molecule has 0 N–H and O–H groups in total. The second-order valence-corrected chi connectivity index (χ2v) is 6.61. The average Bonchev–Trinajstić information content (AvgIpc) is 2.22. The Balaban J connectivity index is 4.51. The summed E-state index contributed by atoms with van der Waals surface area (Å²) >= 11 is 0. The highest BCUT2D eigenvalue weighted by Crippen LogP contribution is 2.28. The van der Waals surface area contributed by atoms with E-state index in [0.29, 0.717) is 31.2 Å². The minimum atomic E-state index is 0.147. The standard InChI is InChI=1S/C15H28N2O/c1-12(2)11-17(9-7-8-16)14(18)10-13(3)15(4,5)6/h12-13H,7,9-11H2,1-6H3. The van der Waals surface area contributed by atoms with Crippen molar-refractivity contribution in [3.05, 3.63) is 0 Å². The highest BCUT2D eigenvalue weighted by molar-refractivity contribution is 5.76. The van der Waals surface area contributed by atoms with Gasteiger partial charge in [-0.2, -0.15) is 5.26 Å². The van der Waals surface area contributed by atoms with Crippen molar-refractivity contribution in [2.75, 3.05) is 13.1 Å². The minimum Gasteiger partial charge on any atom is -0.341 e. The van der Waals surface area contributed by atoms with Gasteiger partial charge in [0, 0.05) is 19.5 Å². The first-order valence-electron chi connectivity index (χ1n) is 6.83. The Kier molecular flexibility index (Phi) is 6.98. The summed E-state index contributed by atoms with van der Waals surface area (Å²) in [6.07, 6.45) is 0.990. The molecule has 0 aliphatic carbocycles. The summed E-state index contributed by atoms with van der Waals surface area (Å²) in [5.41, 5.74) is 0.147. The maximum atomic E-state index is 12.3. The highest BCUT2D eigenvalue weighted by Gasteiger charge is 2.25. The summed E-state index contributed by atoms with van der Waals surface area (Å²) < 4.78 is 0. The molecule has 0 heterocycles. The average molecular weight is 252 g/mol. The first-order valence-corrected chi connectivity index (χ1v) is 6.83. The molecule has 104 valence electrons. The molecule has 0 radical (unpaired) electrons. The minimum absolute atomic E-state index is 0.147. The molecule has 1 amide bonds. The molecule has 0 aliphatic rings. The summed E-state index contributed by atoms with van der Waals surface area (Å²) in [7, 11) is 0. The van der Waals surface area contributed by atoms with Gasteiger partial charge in [-0.3, -0.25) is 4.79 Å². The van der Waals surface area contributed by atoms with E-state index in [-0.39, 0.29) is 11.3 Å². The maximum absolute atomic E-state index is 12.3. The van der Waals surface area contributed by atoms with E-state index < -0.39 is 0 Å². The van der Waals surface area contributed by atoms with Crippen LogP contribution < -0.4 is 0 Å². The molecule has 0 aliphatic heterocycles. The third-order valence-corrected chi connectivity index (χ3v) is 3.39. The molecule has 1 atom stereocenters. The van der Waals surface area contributed by atoms with Gasteiger partial charge in [0.2, 0.25) is 5.91 Å². The summed E-state index contributed by atoms with van der Waals surface area (Å²) in [4.78, 5) is 14.1. The molecule has 3 nitrogen and oxygen atoms in total. The van der Waals surface area contributed by atoms with Gasteiger partial charge in [0.05, 0.1) is 12.5 Å². The number of amides is 1. The van der Waals surface area contributed by atoms with Crippen LogP contribution in [0.25, 0.3) is 0 Å². The fourth-order valence-corrected chi connectivity index (χ4v) is 1.64. The fourth-order valence-electron chi connectivity index (χ4n) is 1.64. The van der Waals surface area contributed by atoms with Crippen LogP contribution in [0.4, 0.5) is 0 Å². The molecule has 18 heavy (non-hydrogen) atoms. The Hall–Kier alpha value is -1.04. The smallest absolute Gasteiger partial charge is 0.222 e. The molecule has 0 aromatic carbocycles. The number of hydrogen-bond acceptors (Lipinski definition) is 2. The summed E-state index contributed by atoms with van der Waals surface area (Å²) in [6, 6.07) is 2.12. The zero-order valence-corrected chi connectivity index (χ0v) is 12.8. The van der Waals surface area contributed by atoms with Crippen LogP contribution in [0, 0.1) is 28.6 Å². The van der Waals surface area contributed by atoms with Crippen LogP contribution in [0.15, 0.2) is 0 Å². The zero-order valence-electron chi connectivity index (χ0n) is 12.8. The largest absolute Gasteiger partial charge is 0.341 e. The van der Waals surface area contributed by atoms with Gasteiger partial charge in [0.15, 0.2) is 0 Å². The molecule has 0 rings (SSSR count). The third-order valence-electron chi connectivity index (χ3n) is 3.39. The van der Waals surface area contributed by atoms with Crippen molar-refractivity contribution in [3.63, 3.8) is 0 Å². The normalized spacial score (nSPS) is 13.2. The zero-order chi connectivity index (χ0) is 14.3. The van der Waals surface area contributed by atoms with E-state index in [0.717, 1.165) is 6.54 Å². The van der Waals surface area contributed by atoms with E-state index in [2.05, 4.69) is 47.6 Å². The molecular formula is C15H28N2O. The van der Waals surface area contributed by atoms with Crippen molar-refractivity contribution in [2.24, 2.45) is 17.3 Å². The molecule has 0 fully saturated rings. The van der Waals surface area contributed by atoms with Crippen LogP contribution in [0.5, 0.6) is 0 Å². The molecule has 0 saturated carbocycles. The predicted octanol–water partition coefficient (Wildman–Crippen LogP) is 3.46. The van der Waals surface area contributed by atoms with Gasteiger partial charge >= 0.3 is 0 Å². The molecule has 3 heteroatoms. The number of nitriles is 1. The molecule has 1 unspecified atom stereocenters. The lowest BCUT2D eigenvalue weighted by Gasteiger charge is -2.30. The van der Waals surface area contributed by atoms with E-state index in [4.69, 9.17) is 5.26 Å². The summed E-state index contributed by atoms with van der Waals surface area (Å²) in [5.74, 6) is 0.973. The van der Waals surface area contributed by atoms with Crippen LogP contribution in [0.1, 0.15) is 54.4 Å². The van der Waals surface area contributed by atoms with Crippen LogP contribution >= 0.6 is 0 Å². The first kappa shape index (κ1) is 17.0. The molecular weight excluding hydrogens is 224 g/mol. The number of carbonyl (C=O) groups is 1. The summed E-state index contributed by atoms with van der Waals surface area (Å²) in [5, 5.41) is 8.65. The SMILES string of the molecule is CC(C)CN(CCC#N)C(=O)CC(C)C(C)(C)C. The molecule has 0 aromatic rings. The predicted molar refractivity (Wildman–Crippen MR) is 74.9 cm³/mol. The van der Waals surface area contributed by atoms with Crippen LogP contribution in [0.2, 0.25) is 0 Å². The Morgan fingerprint density at radius 1 is 1.28 bits per heavy atom. The van der Waals surface area contributed by atoms with Crippen molar-refractivity contribution in [3.8, 4) is 6.07 Å². The highest BCUT2D eigenvalue weighted by atomic mass is 16.2. The lowest BCUT2D eigenvalue weighted by atomic mass is 9.80. The monoisotopic (exact) mass is 252 g/mol. The van der Waals surface area contributed by atoms with E-state index >= 15 is 0 Å². The third kappa shape index (κ3) is 6.64. The molecule has 0 spiro atoms. The fraction of sp³-hybridized carbons (Fsp3) is 0.867. The molecule has 0 saturated heterocycles. The van der Waals surface area contributed by atoms with Crippen molar-refractivity contribution in [1.82, 2.24) is 4.90 Å². The maximum Gasteiger partial charge on any atom is 0.222 e. The Bertz CT molecular complexity index is 297.